The van der Waals surface area contributed by atoms with Crippen LogP contribution in [0.25, 0.3) is 0 Å². The monoisotopic (exact) mass is 227 g/mol. The second kappa shape index (κ2) is 4.89. The molecule has 88 valence electrons. The van der Waals surface area contributed by atoms with Gasteiger partial charge in [-0.05, 0) is 12.5 Å². The summed E-state index contributed by atoms with van der Waals surface area (Å²) in [5, 5.41) is 3.15. The average molecular weight is 227 g/mol. The zero-order valence-corrected chi connectivity index (χ0v) is 9.17. The molecule has 0 bridgehead atoms. The Morgan fingerprint density at radius 3 is 2.88 bits per heavy atom. The summed E-state index contributed by atoms with van der Waals surface area (Å²) in [4.78, 5) is 0. The van der Waals surface area contributed by atoms with Crippen molar-refractivity contribution in [3.8, 4) is 0 Å². The fourth-order valence-electron chi connectivity index (χ4n) is 1.94. The summed E-state index contributed by atoms with van der Waals surface area (Å²) < 4.78 is 31.2. The highest BCUT2D eigenvalue weighted by Gasteiger charge is 2.22. The van der Waals surface area contributed by atoms with Crippen LogP contribution in [0.5, 0.6) is 0 Å². The molecular formula is C12H15F2NO. The van der Waals surface area contributed by atoms with Crippen molar-refractivity contribution in [2.45, 2.75) is 19.5 Å². The summed E-state index contributed by atoms with van der Waals surface area (Å²) in [7, 11) is 0. The molecule has 2 rings (SSSR count). The number of aryl methyl sites for hydroxylation is 1. The first-order chi connectivity index (χ1) is 7.68. The van der Waals surface area contributed by atoms with Gasteiger partial charge in [0.1, 0.15) is 0 Å². The minimum Gasteiger partial charge on any atom is -0.371 e. The Morgan fingerprint density at radius 2 is 2.25 bits per heavy atom. The van der Waals surface area contributed by atoms with Crippen molar-refractivity contribution in [2.75, 3.05) is 19.7 Å². The number of morpholine rings is 1. The van der Waals surface area contributed by atoms with Crippen molar-refractivity contribution < 1.29 is 13.5 Å². The van der Waals surface area contributed by atoms with Crippen LogP contribution in [0.3, 0.4) is 0 Å². The molecule has 1 N–H and O–H groups in total. The van der Waals surface area contributed by atoms with Crippen LogP contribution in [0.1, 0.15) is 29.2 Å². The van der Waals surface area contributed by atoms with Crippen LogP contribution in [0.4, 0.5) is 8.78 Å². The van der Waals surface area contributed by atoms with Gasteiger partial charge in [0.05, 0.1) is 12.7 Å². The van der Waals surface area contributed by atoms with Gasteiger partial charge in [-0.3, -0.25) is 0 Å². The van der Waals surface area contributed by atoms with Gasteiger partial charge in [-0.1, -0.05) is 23.8 Å². The minimum absolute atomic E-state index is 0.0827. The summed E-state index contributed by atoms with van der Waals surface area (Å²) in [6.07, 6.45) is -2.70. The van der Waals surface area contributed by atoms with Crippen LogP contribution in [0.15, 0.2) is 18.2 Å². The van der Waals surface area contributed by atoms with E-state index in [0.717, 1.165) is 12.1 Å². The number of hydrogen-bond acceptors (Lipinski definition) is 2. The minimum atomic E-state index is -2.44. The topological polar surface area (TPSA) is 21.3 Å². The van der Waals surface area contributed by atoms with E-state index in [-0.39, 0.29) is 11.7 Å². The van der Waals surface area contributed by atoms with Crippen molar-refractivity contribution >= 4 is 0 Å². The van der Waals surface area contributed by atoms with E-state index >= 15 is 0 Å². The van der Waals surface area contributed by atoms with Gasteiger partial charge >= 0.3 is 0 Å². The number of alkyl halides is 2. The van der Waals surface area contributed by atoms with Gasteiger partial charge in [-0.25, -0.2) is 8.78 Å². The number of ether oxygens (including phenoxy) is 1. The van der Waals surface area contributed by atoms with Crippen molar-refractivity contribution in [3.63, 3.8) is 0 Å². The van der Waals surface area contributed by atoms with Gasteiger partial charge in [-0.15, -0.1) is 0 Å². The SMILES string of the molecule is Cc1ccc(C(F)F)c(C2CNCCO2)c1. The molecule has 1 saturated heterocycles. The van der Waals surface area contributed by atoms with Crippen LogP contribution in [-0.4, -0.2) is 19.7 Å². The van der Waals surface area contributed by atoms with Gasteiger partial charge in [0.15, 0.2) is 0 Å². The molecule has 4 heteroatoms. The van der Waals surface area contributed by atoms with Gasteiger partial charge in [-0.2, -0.15) is 0 Å². The Morgan fingerprint density at radius 1 is 1.44 bits per heavy atom. The zero-order valence-electron chi connectivity index (χ0n) is 9.17. The van der Waals surface area contributed by atoms with E-state index in [4.69, 9.17) is 4.74 Å². The number of halogens is 2. The lowest BCUT2D eigenvalue weighted by molar-refractivity contribution is 0.0246. The molecule has 0 amide bonds. The van der Waals surface area contributed by atoms with Crippen LogP contribution in [-0.2, 0) is 4.74 Å². The number of benzene rings is 1. The summed E-state index contributed by atoms with van der Waals surface area (Å²) in [5.74, 6) is 0. The van der Waals surface area contributed by atoms with E-state index in [1.54, 1.807) is 12.1 Å². The standard InChI is InChI=1S/C12H15F2NO/c1-8-2-3-9(12(13)14)10(6-8)11-7-15-4-5-16-11/h2-3,6,11-12,15H,4-5,7H2,1H3. The molecule has 0 spiro atoms. The molecule has 1 heterocycles. The van der Waals surface area contributed by atoms with Crippen molar-refractivity contribution in [1.29, 1.82) is 0 Å². The first-order valence-corrected chi connectivity index (χ1v) is 5.39. The van der Waals surface area contributed by atoms with E-state index in [1.807, 2.05) is 6.92 Å². The molecule has 1 aliphatic rings. The highest BCUT2D eigenvalue weighted by molar-refractivity contribution is 5.34. The van der Waals surface area contributed by atoms with Crippen molar-refractivity contribution in [3.05, 3.63) is 34.9 Å². The molecule has 0 saturated carbocycles. The molecule has 1 unspecified atom stereocenters. The predicted octanol–water partition coefficient (Wildman–Crippen LogP) is 2.59. The van der Waals surface area contributed by atoms with Crippen LogP contribution in [0, 0.1) is 6.92 Å². The molecule has 1 aromatic rings. The smallest absolute Gasteiger partial charge is 0.264 e. The number of nitrogens with one attached hydrogen (secondary N) is 1. The molecular weight excluding hydrogens is 212 g/mol. The fourth-order valence-corrected chi connectivity index (χ4v) is 1.94. The largest absolute Gasteiger partial charge is 0.371 e. The Hall–Kier alpha value is -1.00. The van der Waals surface area contributed by atoms with E-state index in [2.05, 4.69) is 5.32 Å². The highest BCUT2D eigenvalue weighted by atomic mass is 19.3. The zero-order chi connectivity index (χ0) is 11.5. The lowest BCUT2D eigenvalue weighted by Gasteiger charge is -2.26. The third-order valence-electron chi connectivity index (χ3n) is 2.75. The van der Waals surface area contributed by atoms with Gasteiger partial charge < -0.3 is 10.1 Å². The second-order valence-electron chi connectivity index (χ2n) is 4.00. The molecule has 0 radical (unpaired) electrons. The first-order valence-electron chi connectivity index (χ1n) is 5.39. The van der Waals surface area contributed by atoms with Crippen LogP contribution < -0.4 is 5.32 Å². The molecule has 1 aromatic carbocycles. The third kappa shape index (κ3) is 2.39. The summed E-state index contributed by atoms with van der Waals surface area (Å²) in [5.41, 5.74) is 1.68. The van der Waals surface area contributed by atoms with E-state index < -0.39 is 6.43 Å². The Bertz CT molecular complexity index is 362. The molecule has 0 aromatic heterocycles. The number of rotatable bonds is 2. The second-order valence-corrected chi connectivity index (χ2v) is 4.00. The molecule has 1 fully saturated rings. The lowest BCUT2D eigenvalue weighted by Crippen LogP contribution is -2.33. The van der Waals surface area contributed by atoms with E-state index in [1.165, 1.54) is 6.07 Å². The van der Waals surface area contributed by atoms with Crippen molar-refractivity contribution in [1.82, 2.24) is 5.32 Å². The van der Waals surface area contributed by atoms with Gasteiger partial charge in [0.2, 0.25) is 0 Å². The van der Waals surface area contributed by atoms with Crippen LogP contribution in [0.2, 0.25) is 0 Å². The maximum Gasteiger partial charge on any atom is 0.264 e. The summed E-state index contributed by atoms with van der Waals surface area (Å²) in [6, 6.07) is 4.99. The fraction of sp³-hybridized carbons (Fsp3) is 0.500. The average Bonchev–Trinajstić information content (AvgIpc) is 2.29. The normalized spacial score (nSPS) is 21.4. The third-order valence-corrected chi connectivity index (χ3v) is 2.75. The predicted molar refractivity (Wildman–Crippen MR) is 57.7 cm³/mol. The first kappa shape index (κ1) is 11.5. The molecule has 0 aliphatic carbocycles. The maximum atomic E-state index is 12.8. The molecule has 1 aliphatic heterocycles. The van der Waals surface area contributed by atoms with E-state index in [9.17, 15) is 8.78 Å². The quantitative estimate of drug-likeness (QED) is 0.838. The Balaban J connectivity index is 2.32. The van der Waals surface area contributed by atoms with Gasteiger partial charge in [0.25, 0.3) is 6.43 Å². The van der Waals surface area contributed by atoms with Crippen LogP contribution >= 0.6 is 0 Å². The molecule has 1 atom stereocenters. The highest BCUT2D eigenvalue weighted by Crippen LogP contribution is 2.30. The van der Waals surface area contributed by atoms with Gasteiger partial charge in [0, 0.05) is 18.7 Å². The Kier molecular flexibility index (Phi) is 3.51. The molecule has 2 nitrogen and oxygen atoms in total. The number of hydrogen-bond donors (Lipinski definition) is 1. The van der Waals surface area contributed by atoms with Crippen molar-refractivity contribution in [2.24, 2.45) is 0 Å². The molecule has 16 heavy (non-hydrogen) atoms. The van der Waals surface area contributed by atoms with E-state index in [0.29, 0.717) is 18.7 Å². The Labute approximate surface area is 93.6 Å². The summed E-state index contributed by atoms with van der Waals surface area (Å²) >= 11 is 0. The lowest BCUT2D eigenvalue weighted by atomic mass is 9.99. The summed E-state index contributed by atoms with van der Waals surface area (Å²) in [6.45, 7) is 3.85. The maximum absolute atomic E-state index is 12.8.